The van der Waals surface area contributed by atoms with E-state index in [2.05, 4.69) is 59.8 Å². The van der Waals surface area contributed by atoms with Gasteiger partial charge in [-0.15, -0.1) is 0 Å². The van der Waals surface area contributed by atoms with E-state index in [0.717, 1.165) is 5.92 Å². The summed E-state index contributed by atoms with van der Waals surface area (Å²) < 4.78 is 0. The monoisotopic (exact) mass is 194 g/mol. The number of rotatable bonds is 5. The summed E-state index contributed by atoms with van der Waals surface area (Å²) in [5.74, 6) is 0.786. The maximum absolute atomic E-state index is 2.36. The second-order valence-corrected chi connectivity index (χ2v) is 5.30. The average Bonchev–Trinajstić information content (AvgIpc) is 2.00. The van der Waals surface area contributed by atoms with Crippen LogP contribution in [0.2, 0.25) is 0 Å². The summed E-state index contributed by atoms with van der Waals surface area (Å²) in [7, 11) is 0. The van der Waals surface area contributed by atoms with E-state index in [4.69, 9.17) is 0 Å². The fraction of sp³-hybridized carbons (Fsp3) is 0.714. The van der Waals surface area contributed by atoms with Gasteiger partial charge in [-0.3, -0.25) is 0 Å². The highest BCUT2D eigenvalue weighted by molar-refractivity contribution is 5.18. The Kier molecular flexibility index (Phi) is 5.83. The van der Waals surface area contributed by atoms with Crippen molar-refractivity contribution in [2.24, 2.45) is 11.3 Å². The van der Waals surface area contributed by atoms with Crippen LogP contribution in [0.1, 0.15) is 54.4 Å². The third-order valence-corrected chi connectivity index (χ3v) is 2.40. The molecule has 0 rings (SSSR count). The maximum Gasteiger partial charge on any atom is -0.0231 e. The molecule has 0 N–H and O–H groups in total. The molecule has 0 aromatic heterocycles. The molecule has 14 heavy (non-hydrogen) atoms. The summed E-state index contributed by atoms with van der Waals surface area (Å²) in [5.41, 5.74) is 1.88. The highest BCUT2D eigenvalue weighted by Crippen LogP contribution is 2.32. The lowest BCUT2D eigenvalue weighted by Crippen LogP contribution is -2.14. The molecule has 0 fully saturated rings. The number of allylic oxidation sites excluding steroid dienone is 4. The molecule has 0 unspecified atom stereocenters. The van der Waals surface area contributed by atoms with Crippen molar-refractivity contribution in [2.75, 3.05) is 0 Å². The van der Waals surface area contributed by atoms with Gasteiger partial charge < -0.3 is 0 Å². The minimum absolute atomic E-state index is 0.426. The van der Waals surface area contributed by atoms with Crippen LogP contribution in [0, 0.1) is 11.3 Å². The fourth-order valence-electron chi connectivity index (χ4n) is 2.20. The van der Waals surface area contributed by atoms with E-state index in [1.165, 1.54) is 18.4 Å². The number of hydrogen-bond donors (Lipinski definition) is 0. The second kappa shape index (κ2) is 6.06. The van der Waals surface area contributed by atoms with Crippen molar-refractivity contribution in [3.05, 3.63) is 23.8 Å². The van der Waals surface area contributed by atoms with Crippen molar-refractivity contribution in [3.8, 4) is 0 Å². The largest absolute Gasteiger partial charge is 0.0874 e. The topological polar surface area (TPSA) is 0 Å². The molecule has 0 aliphatic rings. The first kappa shape index (κ1) is 13.5. The molecule has 0 saturated heterocycles. The van der Waals surface area contributed by atoms with Gasteiger partial charge in [0.2, 0.25) is 0 Å². The lowest BCUT2D eigenvalue weighted by molar-refractivity contribution is 0.286. The molecule has 0 aliphatic heterocycles. The standard InChI is InChI=1S/C14H26/c1-7-9-13(8-2)11-14(5,6)10-12(3)4/h7-9,12H,10-11H2,1-6H3/b9-7-,13-8+. The molecule has 82 valence electrons. The third kappa shape index (κ3) is 6.01. The Hall–Kier alpha value is -0.520. The van der Waals surface area contributed by atoms with E-state index in [1.807, 2.05) is 0 Å². The van der Waals surface area contributed by atoms with Crippen LogP contribution in [0.25, 0.3) is 0 Å². The lowest BCUT2D eigenvalue weighted by Gasteiger charge is -2.27. The molecule has 0 radical (unpaired) electrons. The Morgan fingerprint density at radius 3 is 2.14 bits per heavy atom. The Bertz CT molecular complexity index is 204. The van der Waals surface area contributed by atoms with Gasteiger partial charge in [0.1, 0.15) is 0 Å². The van der Waals surface area contributed by atoms with E-state index < -0.39 is 0 Å². The minimum atomic E-state index is 0.426. The second-order valence-electron chi connectivity index (χ2n) is 5.30. The van der Waals surface area contributed by atoms with E-state index in [0.29, 0.717) is 5.41 Å². The van der Waals surface area contributed by atoms with E-state index in [1.54, 1.807) is 0 Å². The Labute approximate surface area is 90.1 Å². The van der Waals surface area contributed by atoms with Crippen molar-refractivity contribution < 1.29 is 0 Å². The molecule has 0 aromatic carbocycles. The van der Waals surface area contributed by atoms with Gasteiger partial charge in [-0.2, -0.15) is 0 Å². The van der Waals surface area contributed by atoms with Crippen LogP contribution >= 0.6 is 0 Å². The van der Waals surface area contributed by atoms with E-state index in [-0.39, 0.29) is 0 Å². The van der Waals surface area contributed by atoms with Gasteiger partial charge in [0.25, 0.3) is 0 Å². The van der Waals surface area contributed by atoms with Gasteiger partial charge >= 0.3 is 0 Å². The van der Waals surface area contributed by atoms with Gasteiger partial charge in [-0.05, 0) is 38.0 Å². The van der Waals surface area contributed by atoms with Crippen LogP contribution in [0.15, 0.2) is 23.8 Å². The molecular weight excluding hydrogens is 168 g/mol. The zero-order chi connectivity index (χ0) is 11.2. The van der Waals surface area contributed by atoms with Crippen molar-refractivity contribution in [1.82, 2.24) is 0 Å². The van der Waals surface area contributed by atoms with Crippen LogP contribution in [0.4, 0.5) is 0 Å². The lowest BCUT2D eigenvalue weighted by atomic mass is 9.78. The van der Waals surface area contributed by atoms with Crippen molar-refractivity contribution in [3.63, 3.8) is 0 Å². The highest BCUT2D eigenvalue weighted by atomic mass is 14.2. The van der Waals surface area contributed by atoms with Crippen molar-refractivity contribution in [2.45, 2.75) is 54.4 Å². The van der Waals surface area contributed by atoms with Gasteiger partial charge in [0.05, 0.1) is 0 Å². The number of hydrogen-bond acceptors (Lipinski definition) is 0. The van der Waals surface area contributed by atoms with Gasteiger partial charge in [-0.25, -0.2) is 0 Å². The van der Waals surface area contributed by atoms with E-state index in [9.17, 15) is 0 Å². The molecule has 0 atom stereocenters. The molecule has 0 heteroatoms. The first-order valence-corrected chi connectivity index (χ1v) is 5.69. The summed E-state index contributed by atoms with van der Waals surface area (Å²) in [4.78, 5) is 0. The summed E-state index contributed by atoms with van der Waals surface area (Å²) >= 11 is 0. The summed E-state index contributed by atoms with van der Waals surface area (Å²) in [6, 6.07) is 0. The zero-order valence-electron chi connectivity index (χ0n) is 10.7. The molecule has 0 bridgehead atoms. The average molecular weight is 194 g/mol. The van der Waals surface area contributed by atoms with Crippen LogP contribution in [0.3, 0.4) is 0 Å². The molecular formula is C14H26. The first-order valence-electron chi connectivity index (χ1n) is 5.69. The quantitative estimate of drug-likeness (QED) is 0.542. The molecule has 0 nitrogen and oxygen atoms in total. The predicted octanol–water partition coefficient (Wildman–Crippen LogP) is 4.97. The molecule has 0 saturated carbocycles. The normalized spacial score (nSPS) is 14.4. The highest BCUT2D eigenvalue weighted by Gasteiger charge is 2.19. The van der Waals surface area contributed by atoms with Gasteiger partial charge in [-0.1, -0.05) is 51.5 Å². The summed E-state index contributed by atoms with van der Waals surface area (Å²) in [6.07, 6.45) is 9.05. The van der Waals surface area contributed by atoms with Gasteiger partial charge in [0.15, 0.2) is 0 Å². The maximum atomic E-state index is 2.36. The van der Waals surface area contributed by atoms with Gasteiger partial charge in [0, 0.05) is 0 Å². The Balaban J connectivity index is 4.32. The Morgan fingerprint density at radius 2 is 1.79 bits per heavy atom. The molecule has 0 spiro atoms. The minimum Gasteiger partial charge on any atom is -0.0874 e. The van der Waals surface area contributed by atoms with Crippen LogP contribution < -0.4 is 0 Å². The molecule has 0 heterocycles. The summed E-state index contributed by atoms with van der Waals surface area (Å²) in [5, 5.41) is 0. The van der Waals surface area contributed by atoms with Crippen molar-refractivity contribution in [1.29, 1.82) is 0 Å². The molecule has 0 amide bonds. The Morgan fingerprint density at radius 1 is 1.21 bits per heavy atom. The summed E-state index contributed by atoms with van der Waals surface area (Å²) in [6.45, 7) is 13.5. The fourth-order valence-corrected chi connectivity index (χ4v) is 2.20. The third-order valence-electron chi connectivity index (χ3n) is 2.40. The molecule has 0 aliphatic carbocycles. The smallest absolute Gasteiger partial charge is 0.0231 e. The van der Waals surface area contributed by atoms with Crippen molar-refractivity contribution >= 4 is 0 Å². The molecule has 0 aromatic rings. The SMILES string of the molecule is C/C=C\C(=C/C)CC(C)(C)CC(C)C. The zero-order valence-corrected chi connectivity index (χ0v) is 10.7. The predicted molar refractivity (Wildman–Crippen MR) is 66.4 cm³/mol. The van der Waals surface area contributed by atoms with Crippen LogP contribution in [-0.4, -0.2) is 0 Å². The first-order chi connectivity index (χ1) is 6.41. The van der Waals surface area contributed by atoms with Crippen LogP contribution in [0.5, 0.6) is 0 Å². The van der Waals surface area contributed by atoms with E-state index >= 15 is 0 Å². The van der Waals surface area contributed by atoms with Crippen LogP contribution in [-0.2, 0) is 0 Å².